The molecule has 0 unspecified atom stereocenters. The second kappa shape index (κ2) is 3.85. The predicted octanol–water partition coefficient (Wildman–Crippen LogP) is 2.20. The van der Waals surface area contributed by atoms with E-state index in [0.717, 1.165) is 11.3 Å². The Hall–Kier alpha value is -1.27. The zero-order valence-corrected chi connectivity index (χ0v) is 10.2. The highest BCUT2D eigenvalue weighted by Crippen LogP contribution is 2.08. The lowest BCUT2D eigenvalue weighted by Gasteiger charge is -2.03. The first-order valence-corrected chi connectivity index (χ1v) is 8.14. The molecule has 0 spiro atoms. The molecule has 1 aromatic heterocycles. The van der Waals surface area contributed by atoms with Crippen LogP contribution in [0.1, 0.15) is 11.3 Å². The molecule has 0 atom stereocenters. The molecule has 0 bridgehead atoms. The Labute approximate surface area is 86.6 Å². The Morgan fingerprint density at radius 1 is 1.36 bits per heavy atom. The SMILES string of the molecule is Cc1ncc(C#C[Si](C)(C)C)cc1N. The van der Waals surface area contributed by atoms with Crippen LogP contribution >= 0.6 is 0 Å². The molecule has 74 valence electrons. The number of nitrogens with two attached hydrogens (primary N) is 1. The first kappa shape index (κ1) is 10.8. The van der Waals surface area contributed by atoms with Crippen molar-refractivity contribution in [3.8, 4) is 11.5 Å². The van der Waals surface area contributed by atoms with Crippen LogP contribution in [0.5, 0.6) is 0 Å². The highest BCUT2D eigenvalue weighted by Gasteiger charge is 2.07. The highest BCUT2D eigenvalue weighted by atomic mass is 28.3. The van der Waals surface area contributed by atoms with Crippen LogP contribution in [0.3, 0.4) is 0 Å². The summed E-state index contributed by atoms with van der Waals surface area (Å²) in [5.74, 6) is 3.12. The Balaban J connectivity index is 2.98. The molecular formula is C11H16N2Si. The van der Waals surface area contributed by atoms with Gasteiger partial charge in [0.1, 0.15) is 8.07 Å². The maximum absolute atomic E-state index is 5.74. The van der Waals surface area contributed by atoms with Crippen molar-refractivity contribution < 1.29 is 0 Å². The molecule has 1 aromatic rings. The fourth-order valence-corrected chi connectivity index (χ4v) is 1.40. The van der Waals surface area contributed by atoms with Crippen molar-refractivity contribution >= 4 is 13.8 Å². The van der Waals surface area contributed by atoms with Crippen LogP contribution < -0.4 is 5.73 Å². The molecule has 0 aliphatic carbocycles. The molecule has 2 nitrogen and oxygen atoms in total. The highest BCUT2D eigenvalue weighted by molar-refractivity contribution is 6.83. The van der Waals surface area contributed by atoms with Gasteiger partial charge in [0.2, 0.25) is 0 Å². The Morgan fingerprint density at radius 2 is 2.00 bits per heavy atom. The van der Waals surface area contributed by atoms with E-state index in [1.165, 1.54) is 0 Å². The molecule has 0 aliphatic heterocycles. The lowest BCUT2D eigenvalue weighted by atomic mass is 10.2. The van der Waals surface area contributed by atoms with Gasteiger partial charge < -0.3 is 5.73 Å². The molecule has 1 heterocycles. The molecule has 0 fully saturated rings. The number of hydrogen-bond acceptors (Lipinski definition) is 2. The minimum absolute atomic E-state index is 0.715. The fraction of sp³-hybridized carbons (Fsp3) is 0.364. The molecule has 3 heteroatoms. The van der Waals surface area contributed by atoms with Gasteiger partial charge in [0.15, 0.2) is 0 Å². The van der Waals surface area contributed by atoms with Crippen LogP contribution in [0, 0.1) is 18.4 Å². The molecule has 1 rings (SSSR count). The summed E-state index contributed by atoms with van der Waals surface area (Å²) < 4.78 is 0. The molecule has 0 saturated carbocycles. The zero-order valence-electron chi connectivity index (χ0n) is 9.18. The summed E-state index contributed by atoms with van der Waals surface area (Å²) in [7, 11) is -1.30. The van der Waals surface area contributed by atoms with E-state index in [1.54, 1.807) is 6.20 Å². The molecule has 0 radical (unpaired) electrons. The van der Waals surface area contributed by atoms with Crippen LogP contribution in [0.2, 0.25) is 19.6 Å². The van der Waals surface area contributed by atoms with E-state index in [0.29, 0.717) is 5.69 Å². The van der Waals surface area contributed by atoms with Gasteiger partial charge in [0, 0.05) is 11.8 Å². The third-order valence-corrected chi connectivity index (χ3v) is 2.58. The van der Waals surface area contributed by atoms with Gasteiger partial charge in [-0.25, -0.2) is 0 Å². The average molecular weight is 204 g/mol. The number of rotatable bonds is 0. The van der Waals surface area contributed by atoms with Crippen LogP contribution in [-0.4, -0.2) is 13.1 Å². The minimum atomic E-state index is -1.30. The summed E-state index contributed by atoms with van der Waals surface area (Å²) in [6.45, 7) is 8.53. The molecule has 2 N–H and O–H groups in total. The number of nitrogens with zero attached hydrogens (tertiary/aromatic N) is 1. The first-order chi connectivity index (χ1) is 6.38. The minimum Gasteiger partial charge on any atom is -0.397 e. The van der Waals surface area contributed by atoms with Crippen LogP contribution in [0.4, 0.5) is 5.69 Å². The number of aromatic nitrogens is 1. The monoisotopic (exact) mass is 204 g/mol. The summed E-state index contributed by atoms with van der Waals surface area (Å²) >= 11 is 0. The van der Waals surface area contributed by atoms with Gasteiger partial charge in [-0.3, -0.25) is 4.98 Å². The maximum atomic E-state index is 5.74. The standard InChI is InChI=1S/C11H16N2Si/c1-9-11(12)7-10(8-13-9)5-6-14(2,3)4/h7-8H,12H2,1-4H3. The summed E-state index contributed by atoms with van der Waals surface area (Å²) in [5, 5.41) is 0. The van der Waals surface area contributed by atoms with Gasteiger partial charge >= 0.3 is 0 Å². The Morgan fingerprint density at radius 3 is 2.50 bits per heavy atom. The van der Waals surface area contributed by atoms with E-state index in [1.807, 2.05) is 13.0 Å². The molecule has 14 heavy (non-hydrogen) atoms. The van der Waals surface area contributed by atoms with Crippen molar-refractivity contribution in [3.05, 3.63) is 23.5 Å². The lowest BCUT2D eigenvalue weighted by molar-refractivity contribution is 1.20. The second-order valence-corrected chi connectivity index (χ2v) is 9.15. The molecule has 0 saturated heterocycles. The van der Waals surface area contributed by atoms with Crippen LogP contribution in [0.25, 0.3) is 0 Å². The predicted molar refractivity (Wildman–Crippen MR) is 63.6 cm³/mol. The van der Waals surface area contributed by atoms with Gasteiger partial charge in [-0.15, -0.1) is 5.54 Å². The van der Waals surface area contributed by atoms with Crippen molar-refractivity contribution in [2.75, 3.05) is 5.73 Å². The number of pyridine rings is 1. The van der Waals surface area contributed by atoms with Gasteiger partial charge in [-0.1, -0.05) is 25.6 Å². The van der Waals surface area contributed by atoms with Gasteiger partial charge in [0.05, 0.1) is 11.4 Å². The van der Waals surface area contributed by atoms with Crippen molar-refractivity contribution in [1.82, 2.24) is 4.98 Å². The lowest BCUT2D eigenvalue weighted by Crippen LogP contribution is -2.16. The van der Waals surface area contributed by atoms with E-state index in [9.17, 15) is 0 Å². The molecular weight excluding hydrogens is 188 g/mol. The number of hydrogen-bond donors (Lipinski definition) is 1. The van der Waals surface area contributed by atoms with Gasteiger partial charge in [0.25, 0.3) is 0 Å². The summed E-state index contributed by atoms with van der Waals surface area (Å²) in [6.07, 6.45) is 1.78. The van der Waals surface area contributed by atoms with Crippen molar-refractivity contribution in [1.29, 1.82) is 0 Å². The maximum Gasteiger partial charge on any atom is 0.129 e. The summed E-state index contributed by atoms with van der Waals surface area (Å²) in [4.78, 5) is 4.17. The first-order valence-electron chi connectivity index (χ1n) is 4.64. The largest absolute Gasteiger partial charge is 0.397 e. The second-order valence-electron chi connectivity index (χ2n) is 4.40. The zero-order chi connectivity index (χ0) is 10.8. The van der Waals surface area contributed by atoms with E-state index < -0.39 is 8.07 Å². The number of aryl methyl sites for hydroxylation is 1. The van der Waals surface area contributed by atoms with E-state index in [4.69, 9.17) is 5.73 Å². The normalized spacial score (nSPS) is 10.6. The average Bonchev–Trinajstić information content (AvgIpc) is 2.06. The third-order valence-electron chi connectivity index (χ3n) is 1.71. The van der Waals surface area contributed by atoms with Crippen molar-refractivity contribution in [3.63, 3.8) is 0 Å². The van der Waals surface area contributed by atoms with Gasteiger partial charge in [-0.05, 0) is 13.0 Å². The summed E-state index contributed by atoms with van der Waals surface area (Å²) in [6, 6.07) is 1.88. The quantitative estimate of drug-likeness (QED) is 0.520. The third kappa shape index (κ3) is 3.23. The van der Waals surface area contributed by atoms with E-state index in [2.05, 4.69) is 36.1 Å². The topological polar surface area (TPSA) is 38.9 Å². The number of anilines is 1. The molecule has 0 aliphatic rings. The Kier molecular flexibility index (Phi) is 2.97. The van der Waals surface area contributed by atoms with E-state index in [-0.39, 0.29) is 0 Å². The summed E-state index contributed by atoms with van der Waals surface area (Å²) in [5.41, 5.74) is 11.5. The smallest absolute Gasteiger partial charge is 0.129 e. The van der Waals surface area contributed by atoms with Crippen LogP contribution in [-0.2, 0) is 0 Å². The molecule has 0 amide bonds. The van der Waals surface area contributed by atoms with E-state index >= 15 is 0 Å². The fourth-order valence-electron chi connectivity index (χ4n) is 0.878. The Bertz CT molecular complexity index is 394. The van der Waals surface area contributed by atoms with Crippen molar-refractivity contribution in [2.24, 2.45) is 0 Å². The van der Waals surface area contributed by atoms with Crippen molar-refractivity contribution in [2.45, 2.75) is 26.6 Å². The molecule has 0 aromatic carbocycles. The van der Waals surface area contributed by atoms with Gasteiger partial charge in [-0.2, -0.15) is 0 Å². The van der Waals surface area contributed by atoms with Crippen LogP contribution in [0.15, 0.2) is 12.3 Å². The number of nitrogen functional groups attached to an aromatic ring is 1.